The van der Waals surface area contributed by atoms with Gasteiger partial charge in [0.2, 0.25) is 0 Å². The molecular weight excluding hydrogens is 352 g/mol. The molecule has 2 atom stereocenters. The summed E-state index contributed by atoms with van der Waals surface area (Å²) < 4.78 is 1.87. The summed E-state index contributed by atoms with van der Waals surface area (Å²) in [6.07, 6.45) is 7.64. The SMILES string of the molecule is Cl.NCC1CCCC1NC(=O)c1ccc2c(c1)[nH]c(=O)n2C1CCCC1. The molecule has 0 radical (unpaired) electrons. The van der Waals surface area contributed by atoms with E-state index in [9.17, 15) is 9.59 Å². The summed E-state index contributed by atoms with van der Waals surface area (Å²) in [6.45, 7) is 0.613. The van der Waals surface area contributed by atoms with Crippen LogP contribution in [-0.4, -0.2) is 28.0 Å². The number of hydrogen-bond donors (Lipinski definition) is 3. The van der Waals surface area contributed by atoms with E-state index in [1.807, 2.05) is 16.7 Å². The quantitative estimate of drug-likeness (QED) is 0.763. The average Bonchev–Trinajstić information content (AvgIpc) is 3.32. The smallest absolute Gasteiger partial charge is 0.326 e. The van der Waals surface area contributed by atoms with Gasteiger partial charge in [0, 0.05) is 17.6 Å². The maximum Gasteiger partial charge on any atom is 0.326 e. The molecule has 142 valence electrons. The van der Waals surface area contributed by atoms with Crippen LogP contribution in [0.2, 0.25) is 0 Å². The van der Waals surface area contributed by atoms with Crippen LogP contribution in [0.4, 0.5) is 0 Å². The van der Waals surface area contributed by atoms with Crippen molar-refractivity contribution in [2.24, 2.45) is 11.7 Å². The van der Waals surface area contributed by atoms with E-state index < -0.39 is 0 Å². The molecule has 4 rings (SSSR count). The van der Waals surface area contributed by atoms with Crippen LogP contribution < -0.4 is 16.7 Å². The van der Waals surface area contributed by atoms with Crippen LogP contribution in [0, 0.1) is 5.92 Å². The molecule has 2 unspecified atom stereocenters. The zero-order valence-electron chi connectivity index (χ0n) is 14.9. The Morgan fingerprint density at radius 2 is 1.96 bits per heavy atom. The van der Waals surface area contributed by atoms with Gasteiger partial charge in [0.15, 0.2) is 0 Å². The molecule has 2 aliphatic carbocycles. The molecule has 1 heterocycles. The normalized spacial score (nSPS) is 23.3. The minimum Gasteiger partial charge on any atom is -0.349 e. The first-order chi connectivity index (χ1) is 12.2. The van der Waals surface area contributed by atoms with Gasteiger partial charge in [-0.15, -0.1) is 12.4 Å². The van der Waals surface area contributed by atoms with Crippen LogP contribution >= 0.6 is 12.4 Å². The zero-order chi connectivity index (χ0) is 17.4. The number of benzene rings is 1. The van der Waals surface area contributed by atoms with E-state index in [2.05, 4.69) is 10.3 Å². The van der Waals surface area contributed by atoms with Gasteiger partial charge in [0.1, 0.15) is 0 Å². The molecule has 1 amide bonds. The first-order valence-corrected chi connectivity index (χ1v) is 9.42. The highest BCUT2D eigenvalue weighted by molar-refractivity contribution is 5.97. The Hall–Kier alpha value is -1.79. The van der Waals surface area contributed by atoms with E-state index >= 15 is 0 Å². The van der Waals surface area contributed by atoms with E-state index in [1.165, 1.54) is 12.8 Å². The minimum absolute atomic E-state index is 0. The van der Waals surface area contributed by atoms with Gasteiger partial charge in [-0.05, 0) is 56.3 Å². The van der Waals surface area contributed by atoms with Gasteiger partial charge in [-0.1, -0.05) is 19.3 Å². The summed E-state index contributed by atoms with van der Waals surface area (Å²) in [4.78, 5) is 27.9. The Morgan fingerprint density at radius 1 is 1.19 bits per heavy atom. The molecule has 6 nitrogen and oxygen atoms in total. The fourth-order valence-electron chi connectivity index (χ4n) is 4.56. The van der Waals surface area contributed by atoms with Crippen molar-refractivity contribution < 1.29 is 4.79 Å². The highest BCUT2D eigenvalue weighted by Crippen LogP contribution is 2.31. The lowest BCUT2D eigenvalue weighted by Crippen LogP contribution is -2.39. The van der Waals surface area contributed by atoms with E-state index in [-0.39, 0.29) is 36.1 Å². The Labute approximate surface area is 158 Å². The molecule has 0 bridgehead atoms. The Morgan fingerprint density at radius 3 is 2.69 bits per heavy atom. The number of nitrogens with zero attached hydrogens (tertiary/aromatic N) is 1. The summed E-state index contributed by atoms with van der Waals surface area (Å²) >= 11 is 0. The third-order valence-corrected chi connectivity index (χ3v) is 5.95. The predicted molar refractivity (Wildman–Crippen MR) is 105 cm³/mol. The standard InChI is InChI=1S/C19H26N4O2.ClH/c20-11-13-4-3-7-15(13)21-18(24)12-8-9-17-16(10-12)22-19(25)23(17)14-5-1-2-6-14;/h8-10,13-15H,1-7,11,20H2,(H,21,24)(H,22,25);1H. The molecular formula is C19H27ClN4O2. The summed E-state index contributed by atoms with van der Waals surface area (Å²) in [5, 5.41) is 3.12. The summed E-state index contributed by atoms with van der Waals surface area (Å²) in [7, 11) is 0. The second-order valence-corrected chi connectivity index (χ2v) is 7.48. The van der Waals surface area contributed by atoms with Crippen LogP contribution in [0.25, 0.3) is 11.0 Å². The summed E-state index contributed by atoms with van der Waals surface area (Å²) in [5.74, 6) is 0.289. The third-order valence-electron chi connectivity index (χ3n) is 5.95. The van der Waals surface area contributed by atoms with Crippen molar-refractivity contribution in [3.05, 3.63) is 34.2 Å². The molecule has 26 heavy (non-hydrogen) atoms. The van der Waals surface area contributed by atoms with Gasteiger partial charge in [0.25, 0.3) is 5.91 Å². The molecule has 4 N–H and O–H groups in total. The Bertz CT molecular complexity index is 838. The second kappa shape index (κ2) is 7.84. The lowest BCUT2D eigenvalue weighted by molar-refractivity contribution is 0.0929. The van der Waals surface area contributed by atoms with Crippen LogP contribution in [-0.2, 0) is 0 Å². The number of hydrogen-bond acceptors (Lipinski definition) is 3. The predicted octanol–water partition coefficient (Wildman–Crippen LogP) is 2.72. The van der Waals surface area contributed by atoms with E-state index in [4.69, 9.17) is 5.73 Å². The second-order valence-electron chi connectivity index (χ2n) is 7.48. The molecule has 0 spiro atoms. The number of carbonyl (C=O) groups excluding carboxylic acids is 1. The first-order valence-electron chi connectivity index (χ1n) is 9.42. The molecule has 1 aromatic heterocycles. The zero-order valence-corrected chi connectivity index (χ0v) is 15.7. The molecule has 2 aromatic rings. The maximum absolute atomic E-state index is 12.6. The average molecular weight is 379 g/mol. The molecule has 1 aromatic carbocycles. The van der Waals surface area contributed by atoms with Gasteiger partial charge in [-0.3, -0.25) is 9.36 Å². The lowest BCUT2D eigenvalue weighted by atomic mass is 10.0. The Balaban J connectivity index is 0.00000196. The van der Waals surface area contributed by atoms with Crippen molar-refractivity contribution in [3.63, 3.8) is 0 Å². The largest absolute Gasteiger partial charge is 0.349 e. The molecule has 2 aliphatic rings. The van der Waals surface area contributed by atoms with Crippen LogP contribution in [0.5, 0.6) is 0 Å². The van der Waals surface area contributed by atoms with Crippen molar-refractivity contribution in [2.75, 3.05) is 6.54 Å². The Kier molecular flexibility index (Phi) is 5.73. The highest BCUT2D eigenvalue weighted by Gasteiger charge is 2.28. The van der Waals surface area contributed by atoms with Gasteiger partial charge in [0.05, 0.1) is 11.0 Å². The van der Waals surface area contributed by atoms with Crippen LogP contribution in [0.1, 0.15) is 61.3 Å². The number of fused-ring (bicyclic) bond motifs is 1. The van der Waals surface area contributed by atoms with Gasteiger partial charge in [-0.2, -0.15) is 0 Å². The number of rotatable bonds is 4. The number of carbonyl (C=O) groups is 1. The van der Waals surface area contributed by atoms with Crippen molar-refractivity contribution in [3.8, 4) is 0 Å². The number of aromatic nitrogens is 2. The summed E-state index contributed by atoms with van der Waals surface area (Å²) in [5.41, 5.74) is 7.96. The molecule has 2 fully saturated rings. The van der Waals surface area contributed by atoms with Gasteiger partial charge < -0.3 is 16.0 Å². The molecule has 0 aliphatic heterocycles. The minimum atomic E-state index is -0.0817. The first kappa shape index (κ1) is 19.0. The monoisotopic (exact) mass is 378 g/mol. The van der Waals surface area contributed by atoms with Crippen molar-refractivity contribution in [1.29, 1.82) is 0 Å². The molecule has 2 saturated carbocycles. The molecule has 0 saturated heterocycles. The fraction of sp³-hybridized carbons (Fsp3) is 0.579. The highest BCUT2D eigenvalue weighted by atomic mass is 35.5. The van der Waals surface area contributed by atoms with E-state index in [0.29, 0.717) is 18.0 Å². The third kappa shape index (κ3) is 3.40. The van der Waals surface area contributed by atoms with Crippen LogP contribution in [0.15, 0.2) is 23.0 Å². The number of nitrogens with one attached hydrogen (secondary N) is 2. The number of nitrogens with two attached hydrogens (primary N) is 1. The maximum atomic E-state index is 12.6. The van der Waals surface area contributed by atoms with Crippen LogP contribution in [0.3, 0.4) is 0 Å². The topological polar surface area (TPSA) is 92.9 Å². The lowest BCUT2D eigenvalue weighted by Gasteiger charge is -2.19. The number of halogens is 1. The van der Waals surface area contributed by atoms with Crippen molar-refractivity contribution in [1.82, 2.24) is 14.9 Å². The van der Waals surface area contributed by atoms with Gasteiger partial charge in [-0.25, -0.2) is 4.79 Å². The van der Waals surface area contributed by atoms with Gasteiger partial charge >= 0.3 is 5.69 Å². The summed E-state index contributed by atoms with van der Waals surface area (Å²) in [6, 6.07) is 5.96. The molecule has 7 heteroatoms. The fourth-order valence-corrected chi connectivity index (χ4v) is 4.56. The number of amides is 1. The number of aromatic amines is 1. The number of H-pyrrole nitrogens is 1. The van der Waals surface area contributed by atoms with Crippen molar-refractivity contribution in [2.45, 2.75) is 57.0 Å². The van der Waals surface area contributed by atoms with E-state index in [1.54, 1.807) is 6.07 Å². The number of imidazole rings is 1. The van der Waals surface area contributed by atoms with E-state index in [0.717, 1.165) is 43.1 Å². The van der Waals surface area contributed by atoms with Crippen molar-refractivity contribution >= 4 is 29.3 Å².